The molecule has 0 fully saturated rings. The Morgan fingerprint density at radius 2 is 1.85 bits per heavy atom. The van der Waals surface area contributed by atoms with Crippen LogP contribution < -0.4 is 9.47 Å². The van der Waals surface area contributed by atoms with Crippen molar-refractivity contribution in [3.05, 3.63) is 54.4 Å². The first-order valence-electron chi connectivity index (χ1n) is 8.16. The summed E-state index contributed by atoms with van der Waals surface area (Å²) in [6, 6.07) is 16.2. The number of rotatable bonds is 4. The number of benzene rings is 2. The lowest BCUT2D eigenvalue weighted by Crippen LogP contribution is -2.15. The van der Waals surface area contributed by atoms with Crippen LogP contribution in [0.25, 0.3) is 15.5 Å². The van der Waals surface area contributed by atoms with Crippen LogP contribution in [0.1, 0.15) is 5.82 Å². The van der Waals surface area contributed by atoms with E-state index in [1.165, 1.54) is 16.2 Å². The minimum Gasteiger partial charge on any atom is -0.486 e. The van der Waals surface area contributed by atoms with E-state index in [0.717, 1.165) is 38.6 Å². The minimum absolute atomic E-state index is 0.572. The summed E-state index contributed by atoms with van der Waals surface area (Å²) in [7, 11) is 0. The van der Waals surface area contributed by atoms with Gasteiger partial charge in [-0.25, -0.2) is 0 Å². The van der Waals surface area contributed by atoms with E-state index in [0.29, 0.717) is 13.2 Å². The molecule has 0 amide bonds. The SMILES string of the molecule is c1ccc(SCc2nnc3sc(-c4ccc5c(c4)OCCO5)nn23)cc1. The molecule has 3 heterocycles. The first-order valence-corrected chi connectivity index (χ1v) is 9.96. The maximum atomic E-state index is 5.67. The van der Waals surface area contributed by atoms with Gasteiger partial charge >= 0.3 is 0 Å². The Morgan fingerprint density at radius 1 is 1.00 bits per heavy atom. The van der Waals surface area contributed by atoms with Crippen molar-refractivity contribution in [2.75, 3.05) is 13.2 Å². The molecule has 0 aliphatic carbocycles. The fraction of sp³-hybridized carbons (Fsp3) is 0.167. The molecule has 5 rings (SSSR count). The van der Waals surface area contributed by atoms with Gasteiger partial charge in [-0.1, -0.05) is 29.5 Å². The van der Waals surface area contributed by atoms with Crippen molar-refractivity contribution in [3.8, 4) is 22.1 Å². The molecule has 0 unspecified atom stereocenters. The lowest BCUT2D eigenvalue weighted by Gasteiger charge is -2.18. The molecule has 2 aromatic heterocycles. The van der Waals surface area contributed by atoms with E-state index in [-0.39, 0.29) is 0 Å². The second kappa shape index (κ2) is 6.62. The number of hydrogen-bond acceptors (Lipinski definition) is 7. The second-order valence-corrected chi connectivity index (χ2v) is 7.68. The summed E-state index contributed by atoms with van der Waals surface area (Å²) < 4.78 is 13.1. The Hall–Kier alpha value is -2.58. The molecule has 0 spiro atoms. The summed E-state index contributed by atoms with van der Waals surface area (Å²) >= 11 is 3.24. The summed E-state index contributed by atoms with van der Waals surface area (Å²) in [5.74, 6) is 3.10. The second-order valence-electron chi connectivity index (χ2n) is 5.68. The Morgan fingerprint density at radius 3 is 2.73 bits per heavy atom. The molecule has 1 aliphatic rings. The van der Waals surface area contributed by atoms with Crippen LogP contribution in [-0.4, -0.2) is 33.0 Å². The smallest absolute Gasteiger partial charge is 0.235 e. The summed E-state index contributed by atoms with van der Waals surface area (Å²) in [5, 5.41) is 14.1. The van der Waals surface area contributed by atoms with Crippen molar-refractivity contribution >= 4 is 28.1 Å². The van der Waals surface area contributed by atoms with Crippen LogP contribution in [0, 0.1) is 0 Å². The molecule has 2 aromatic carbocycles. The third-order valence-corrected chi connectivity index (χ3v) is 5.91. The molecular formula is C18H14N4O2S2. The summed E-state index contributed by atoms with van der Waals surface area (Å²) in [4.78, 5) is 1.99. The van der Waals surface area contributed by atoms with Crippen molar-refractivity contribution in [2.24, 2.45) is 0 Å². The highest BCUT2D eigenvalue weighted by Crippen LogP contribution is 2.36. The average molecular weight is 382 g/mol. The molecule has 0 atom stereocenters. The Labute approximate surface area is 157 Å². The van der Waals surface area contributed by atoms with Crippen LogP contribution >= 0.6 is 23.1 Å². The highest BCUT2D eigenvalue weighted by atomic mass is 32.2. The molecular weight excluding hydrogens is 368 g/mol. The van der Waals surface area contributed by atoms with Gasteiger partial charge in [0.15, 0.2) is 17.3 Å². The van der Waals surface area contributed by atoms with Crippen LogP contribution in [0.4, 0.5) is 0 Å². The van der Waals surface area contributed by atoms with Crippen LogP contribution in [0.2, 0.25) is 0 Å². The molecule has 0 saturated heterocycles. The highest BCUT2D eigenvalue weighted by Gasteiger charge is 2.17. The molecule has 0 bridgehead atoms. The lowest BCUT2D eigenvalue weighted by atomic mass is 10.2. The predicted octanol–water partition coefficient (Wildman–Crippen LogP) is 3.92. The van der Waals surface area contributed by atoms with Gasteiger partial charge in [0.1, 0.15) is 18.2 Å². The fourth-order valence-electron chi connectivity index (χ4n) is 2.71. The fourth-order valence-corrected chi connectivity index (χ4v) is 4.39. The quantitative estimate of drug-likeness (QED) is 0.499. The molecule has 0 N–H and O–H groups in total. The maximum Gasteiger partial charge on any atom is 0.235 e. The summed E-state index contributed by atoms with van der Waals surface area (Å²) in [5.41, 5.74) is 0.992. The number of fused-ring (bicyclic) bond motifs is 2. The van der Waals surface area contributed by atoms with Gasteiger partial charge in [0.2, 0.25) is 4.96 Å². The zero-order valence-electron chi connectivity index (χ0n) is 13.7. The Balaban J connectivity index is 1.43. The molecule has 8 heteroatoms. The molecule has 4 aromatic rings. The van der Waals surface area contributed by atoms with E-state index in [1.54, 1.807) is 11.8 Å². The van der Waals surface area contributed by atoms with Gasteiger partial charge in [-0.05, 0) is 30.3 Å². The van der Waals surface area contributed by atoms with E-state index < -0.39 is 0 Å². The van der Waals surface area contributed by atoms with Gasteiger partial charge in [0.25, 0.3) is 0 Å². The van der Waals surface area contributed by atoms with Gasteiger partial charge < -0.3 is 9.47 Å². The minimum atomic E-state index is 0.572. The van der Waals surface area contributed by atoms with Crippen molar-refractivity contribution < 1.29 is 9.47 Å². The van der Waals surface area contributed by atoms with Gasteiger partial charge in [0.05, 0.1) is 5.75 Å². The molecule has 6 nitrogen and oxygen atoms in total. The first kappa shape index (κ1) is 15.7. The zero-order chi connectivity index (χ0) is 17.3. The highest BCUT2D eigenvalue weighted by molar-refractivity contribution is 7.98. The van der Waals surface area contributed by atoms with Crippen LogP contribution in [0.5, 0.6) is 11.5 Å². The number of nitrogens with zero attached hydrogens (tertiary/aromatic N) is 4. The van der Waals surface area contributed by atoms with Gasteiger partial charge in [-0.15, -0.1) is 22.0 Å². The largest absolute Gasteiger partial charge is 0.486 e. The molecule has 130 valence electrons. The predicted molar refractivity (Wildman–Crippen MR) is 101 cm³/mol. The standard InChI is InChI=1S/C18H14N4O2S2/c1-2-4-13(5-3-1)25-11-16-19-20-18-22(16)21-17(26-18)12-6-7-14-15(10-12)24-9-8-23-14/h1-7,10H,8-9,11H2. The molecule has 26 heavy (non-hydrogen) atoms. The zero-order valence-corrected chi connectivity index (χ0v) is 15.3. The molecule has 0 radical (unpaired) electrons. The molecule has 0 saturated carbocycles. The number of thioether (sulfide) groups is 1. The summed E-state index contributed by atoms with van der Waals surface area (Å²) in [6.45, 7) is 1.16. The van der Waals surface area contributed by atoms with E-state index in [4.69, 9.17) is 14.6 Å². The monoisotopic (exact) mass is 382 g/mol. The first-order chi connectivity index (χ1) is 12.9. The molecule has 1 aliphatic heterocycles. The van der Waals surface area contributed by atoms with Gasteiger partial charge in [0, 0.05) is 10.5 Å². The number of hydrogen-bond donors (Lipinski definition) is 0. The van der Waals surface area contributed by atoms with Crippen molar-refractivity contribution in [1.29, 1.82) is 0 Å². The van der Waals surface area contributed by atoms with E-state index >= 15 is 0 Å². The Bertz CT molecular complexity index is 1060. The third kappa shape index (κ3) is 2.91. The maximum absolute atomic E-state index is 5.67. The van der Waals surface area contributed by atoms with E-state index in [2.05, 4.69) is 22.3 Å². The van der Waals surface area contributed by atoms with E-state index in [1.807, 2.05) is 40.9 Å². The van der Waals surface area contributed by atoms with Crippen molar-refractivity contribution in [1.82, 2.24) is 19.8 Å². The van der Waals surface area contributed by atoms with Crippen LogP contribution in [-0.2, 0) is 5.75 Å². The van der Waals surface area contributed by atoms with Crippen LogP contribution in [0.15, 0.2) is 53.4 Å². The van der Waals surface area contributed by atoms with Gasteiger partial charge in [-0.3, -0.25) is 0 Å². The normalized spacial score (nSPS) is 13.2. The van der Waals surface area contributed by atoms with Gasteiger partial charge in [-0.2, -0.15) is 9.61 Å². The lowest BCUT2D eigenvalue weighted by molar-refractivity contribution is 0.171. The number of aromatic nitrogens is 4. The average Bonchev–Trinajstić information content (AvgIpc) is 3.28. The topological polar surface area (TPSA) is 61.5 Å². The summed E-state index contributed by atoms with van der Waals surface area (Å²) in [6.07, 6.45) is 0. The van der Waals surface area contributed by atoms with Crippen molar-refractivity contribution in [3.63, 3.8) is 0 Å². The Kier molecular flexibility index (Phi) is 3.99. The number of ether oxygens (including phenoxy) is 2. The third-order valence-electron chi connectivity index (χ3n) is 3.96. The van der Waals surface area contributed by atoms with E-state index in [9.17, 15) is 0 Å². The van der Waals surface area contributed by atoms with Crippen LogP contribution in [0.3, 0.4) is 0 Å². The van der Waals surface area contributed by atoms with Crippen molar-refractivity contribution in [2.45, 2.75) is 10.6 Å².